The van der Waals surface area contributed by atoms with Crippen molar-refractivity contribution in [3.8, 4) is 0 Å². The number of unbranched alkanes of at least 4 members (excludes halogenated alkanes) is 3. The predicted molar refractivity (Wildman–Crippen MR) is 495 cm³/mol. The van der Waals surface area contributed by atoms with Gasteiger partial charge in [-0.05, 0) is 432 Å². The molecule has 0 radical (unpaired) electrons. The maximum absolute atomic E-state index is 3.97. The fourth-order valence-electron chi connectivity index (χ4n) is 24.8. The molecule has 0 unspecified atom stereocenters. The summed E-state index contributed by atoms with van der Waals surface area (Å²) in [5, 5.41) is 0. The van der Waals surface area contributed by atoms with Crippen LogP contribution in [0.15, 0.2) is 112 Å². The molecule has 12 fully saturated rings. The van der Waals surface area contributed by atoms with Crippen molar-refractivity contribution in [1.82, 2.24) is 0 Å². The second-order valence-corrected chi connectivity index (χ2v) is 38.8. The number of rotatable bonds is 24. The monoisotopic (exact) mass is 1470 g/mol. The first-order chi connectivity index (χ1) is 51.5. The minimum atomic E-state index is 0. The Kier molecular flexibility index (Phi) is 45.8. The third-order valence-corrected chi connectivity index (χ3v) is 32.3. The average molecular weight is 1470 g/mol. The quantitative estimate of drug-likeness (QED) is 0.0667. The molecule has 0 heteroatoms. The van der Waals surface area contributed by atoms with Gasteiger partial charge < -0.3 is 0 Å². The van der Waals surface area contributed by atoms with E-state index in [-0.39, 0.29) is 17.1 Å². The summed E-state index contributed by atoms with van der Waals surface area (Å²) in [5.74, 6) is 23.5. The summed E-state index contributed by atoms with van der Waals surface area (Å²) >= 11 is 0. The molecule has 0 nitrogen and oxygen atoms in total. The summed E-state index contributed by atoms with van der Waals surface area (Å²) in [6.07, 6.45) is 111. The lowest BCUT2D eigenvalue weighted by Gasteiger charge is -2.37. The van der Waals surface area contributed by atoms with Crippen LogP contribution in [0.5, 0.6) is 0 Å². The van der Waals surface area contributed by atoms with Gasteiger partial charge in [-0.2, -0.15) is 0 Å². The summed E-state index contributed by atoms with van der Waals surface area (Å²) in [7, 11) is 0. The van der Waals surface area contributed by atoms with Crippen LogP contribution >= 0.6 is 0 Å². The van der Waals surface area contributed by atoms with E-state index in [9.17, 15) is 0 Å². The Morgan fingerprint density at radius 2 is 0.352 bits per heavy atom. The first-order valence-corrected chi connectivity index (χ1v) is 48.1. The minimum absolute atomic E-state index is 0. The van der Waals surface area contributed by atoms with Crippen LogP contribution in [0.25, 0.3) is 0 Å². The molecule has 0 spiro atoms. The molecule has 0 amide bonds. The predicted octanol–water partition coefficient (Wildman–Crippen LogP) is 37.0. The van der Waals surface area contributed by atoms with E-state index in [1.165, 1.54) is 353 Å². The van der Waals surface area contributed by atoms with E-state index in [0.717, 1.165) is 142 Å². The maximum Gasteiger partial charge on any atom is 0 e. The second-order valence-electron chi connectivity index (χ2n) is 38.8. The van der Waals surface area contributed by atoms with Gasteiger partial charge in [0.1, 0.15) is 0 Å². The van der Waals surface area contributed by atoms with Crippen LogP contribution in [0.3, 0.4) is 0 Å². The zero-order valence-electron chi connectivity index (χ0n) is 71.3. The molecule has 0 aromatic heterocycles. The summed E-state index contributed by atoms with van der Waals surface area (Å²) in [6, 6.07) is 0. The Bertz CT molecular complexity index is 2260. The summed E-state index contributed by atoms with van der Waals surface area (Å²) in [4.78, 5) is 0. The molecule has 12 rings (SSSR count). The highest BCUT2D eigenvalue weighted by atomic mass is 14.4. The Hall–Kier alpha value is -2.34. The molecule has 0 saturated heterocycles. The lowest BCUT2D eigenvalue weighted by molar-refractivity contribution is 0.151. The molecule has 0 bridgehead atoms. The number of hydrogen-bond acceptors (Lipinski definition) is 0. The molecule has 0 N–H and O–H groups in total. The van der Waals surface area contributed by atoms with Crippen LogP contribution in [0.4, 0.5) is 0 Å². The largest absolute Gasteiger partial charge is 0.103 e. The van der Waals surface area contributed by atoms with E-state index in [4.69, 9.17) is 0 Å². The summed E-state index contributed by atoms with van der Waals surface area (Å²) in [6.45, 7) is 37.1. The summed E-state index contributed by atoms with van der Waals surface area (Å²) in [5.41, 5.74) is 0. The van der Waals surface area contributed by atoms with Crippen molar-refractivity contribution in [2.45, 2.75) is 408 Å². The minimum Gasteiger partial charge on any atom is -0.103 e. The molecule has 12 aliphatic rings. The zero-order chi connectivity index (χ0) is 74.6. The number of allylic oxidation sites excluding steroid dienone is 12. The van der Waals surface area contributed by atoms with Crippen molar-refractivity contribution in [2.24, 2.45) is 142 Å². The highest BCUT2D eigenvalue weighted by Gasteiger charge is 2.36. The fraction of sp³-hybridized carbons (Fsp3) is 0.829. The van der Waals surface area contributed by atoms with Crippen molar-refractivity contribution < 1.29 is 17.1 Å². The molecular weight excluding hydrogens is 1260 g/mol. The van der Waals surface area contributed by atoms with E-state index in [1.54, 1.807) is 12.8 Å². The van der Waals surface area contributed by atoms with Crippen molar-refractivity contribution in [3.63, 3.8) is 0 Å². The molecule has 624 valence electrons. The molecule has 0 aromatic rings. The molecule has 0 aromatic carbocycles. The van der Waals surface area contributed by atoms with E-state index in [2.05, 4.69) is 154 Å². The smallest absolute Gasteiger partial charge is 0 e. The Labute approximate surface area is 675 Å². The highest BCUT2D eigenvalue weighted by molar-refractivity contribution is 4.97. The van der Waals surface area contributed by atoms with E-state index >= 15 is 0 Å². The SMILES string of the molecule is C/C=C/C1CCC(C2CCC(/C=C/C)CC2)CC1.C=CC1CCC(C2CCC(/C=C/C)CC2)CC1.C=CC1CCC(C2CCC(C=C)CC2)CC1.C=CC1CCC(C2CCC(CCC)CC2)CC1.C=CC1CCC(C2CCC(CCCC)CC2)CC1.C=CC1CCC(C2CCC(CCCCC)CC2)CC1.[HH].[HH].[HH].[HH].[HH].[HH].[HH].[HH].[HH].[HH].[HH].[HH]. The third-order valence-electron chi connectivity index (χ3n) is 32.3. The molecule has 0 heterocycles. The van der Waals surface area contributed by atoms with Crippen molar-refractivity contribution in [2.75, 3.05) is 0 Å². The average Bonchev–Trinajstić information content (AvgIpc) is 0.890. The molecule has 12 saturated carbocycles. The van der Waals surface area contributed by atoms with Crippen LogP contribution in [0.1, 0.15) is 425 Å². The zero-order valence-corrected chi connectivity index (χ0v) is 71.3. The van der Waals surface area contributed by atoms with Crippen LogP contribution in [0.2, 0.25) is 0 Å². The van der Waals surface area contributed by atoms with Gasteiger partial charge in [0.15, 0.2) is 0 Å². The van der Waals surface area contributed by atoms with Gasteiger partial charge in [0.05, 0.1) is 0 Å². The summed E-state index contributed by atoms with van der Waals surface area (Å²) < 4.78 is 0. The maximum atomic E-state index is 3.97. The van der Waals surface area contributed by atoms with Gasteiger partial charge in [-0.3, -0.25) is 0 Å². The van der Waals surface area contributed by atoms with Gasteiger partial charge in [-0.1, -0.05) is 190 Å². The van der Waals surface area contributed by atoms with Crippen molar-refractivity contribution in [1.29, 1.82) is 0 Å². The van der Waals surface area contributed by atoms with Gasteiger partial charge in [0.25, 0.3) is 0 Å². The lowest BCUT2D eigenvalue weighted by atomic mass is 9.68. The van der Waals surface area contributed by atoms with Gasteiger partial charge >= 0.3 is 0 Å². The van der Waals surface area contributed by atoms with E-state index < -0.39 is 0 Å². The molecule has 12 aliphatic carbocycles. The second kappa shape index (κ2) is 53.6. The molecule has 0 aliphatic heterocycles. The Balaban J connectivity index is -0.000000310. The lowest BCUT2D eigenvalue weighted by Crippen LogP contribution is -2.25. The van der Waals surface area contributed by atoms with Gasteiger partial charge in [-0.15, -0.1) is 39.5 Å². The topological polar surface area (TPSA) is 0 Å². The van der Waals surface area contributed by atoms with E-state index in [0.29, 0.717) is 0 Å². The van der Waals surface area contributed by atoms with Crippen LogP contribution in [0, 0.1) is 142 Å². The van der Waals surface area contributed by atoms with Gasteiger partial charge in [0, 0.05) is 17.1 Å². The van der Waals surface area contributed by atoms with Crippen molar-refractivity contribution >= 4 is 0 Å². The molecule has 105 heavy (non-hydrogen) atoms. The van der Waals surface area contributed by atoms with Gasteiger partial charge in [0.2, 0.25) is 0 Å². The van der Waals surface area contributed by atoms with Crippen LogP contribution in [-0.2, 0) is 0 Å². The van der Waals surface area contributed by atoms with Crippen LogP contribution < -0.4 is 0 Å². The standard InChI is InChI=1S/C19H34.C18H32.C18H30.C17H30.C17H28.C16H26.12H2/c1-3-5-6-7-17-10-14-19(15-11-17)18-12-8-16(4-2)9-13-18;1-3-5-6-16-9-13-18(14-10-16)17-11-7-15(4-2)8-12-17;1-3-5-15-7-11-17(12-8-15)18-13-9-16(6-4-2)10-14-18;2*1-3-5-15-8-12-17(13-9-15)16-10-6-14(4-2)7-11-16;1-3-13-5-9-15(10-6-13)16-11-7-14(4-2)8-12-16;;;;;;;;;;;;/h4,16-19H,2-3,5-15H2,1H3;4,15-18H,2-3,5-14H2,1H3;3-6,15-18H,7-14H2,1-2H3;4,14-17H,2-3,5-13H2,1H3;3-5,14-17H,2,6-13H2,1H3;3-4,13-16H,1-2,5-12H2;12*1H/b;;5-3+,6-4+;;5-3+;;;;;;;;;;;;;. The normalized spacial score (nSPS) is 38.3. The first kappa shape index (κ1) is 89.9. The third kappa shape index (κ3) is 33.1. The Morgan fingerprint density at radius 1 is 0.190 bits per heavy atom. The number of hydrogen-bond donors (Lipinski definition) is 0. The molecule has 0 atom stereocenters. The highest BCUT2D eigenvalue weighted by Crippen LogP contribution is 2.49. The molecular formula is C105H204. The van der Waals surface area contributed by atoms with Crippen molar-refractivity contribution in [3.05, 3.63) is 112 Å². The van der Waals surface area contributed by atoms with E-state index in [1.807, 2.05) is 0 Å². The fourth-order valence-corrected chi connectivity index (χ4v) is 24.8. The van der Waals surface area contributed by atoms with Crippen LogP contribution in [-0.4, -0.2) is 0 Å². The van der Waals surface area contributed by atoms with Gasteiger partial charge in [-0.25, -0.2) is 0 Å². The Morgan fingerprint density at radius 3 is 0.514 bits per heavy atom. The first-order valence-electron chi connectivity index (χ1n) is 48.1.